The van der Waals surface area contributed by atoms with Gasteiger partial charge in [0.2, 0.25) is 5.91 Å². The van der Waals surface area contributed by atoms with Crippen LogP contribution in [-0.4, -0.2) is 10.9 Å². The average Bonchev–Trinajstić information content (AvgIpc) is 2.53. The second kappa shape index (κ2) is 6.85. The van der Waals surface area contributed by atoms with E-state index in [9.17, 15) is 4.79 Å². The van der Waals surface area contributed by atoms with Crippen LogP contribution in [0.15, 0.2) is 42.6 Å². The Labute approximate surface area is 124 Å². The molecule has 3 N–H and O–H groups in total. The molecule has 110 valence electrons. The first kappa shape index (κ1) is 15.0. The zero-order chi connectivity index (χ0) is 15.2. The number of nitrogens with one attached hydrogen (secondary N) is 1. The van der Waals surface area contributed by atoms with Crippen molar-refractivity contribution in [1.29, 1.82) is 0 Å². The summed E-state index contributed by atoms with van der Waals surface area (Å²) in [4.78, 5) is 15.7. The first-order valence-electron chi connectivity index (χ1n) is 6.75. The molecule has 21 heavy (non-hydrogen) atoms. The highest BCUT2D eigenvalue weighted by atomic mass is 16.5. The number of aryl methyl sites for hydroxylation is 1. The van der Waals surface area contributed by atoms with Crippen LogP contribution in [0.2, 0.25) is 0 Å². The number of carbonyl (C=O) groups is 1. The van der Waals surface area contributed by atoms with Crippen LogP contribution in [0, 0.1) is 6.92 Å². The molecule has 1 aromatic heterocycles. The van der Waals surface area contributed by atoms with E-state index in [1.54, 1.807) is 6.20 Å². The molecule has 0 radical (unpaired) electrons. The van der Waals surface area contributed by atoms with Crippen LogP contribution in [0.5, 0.6) is 5.75 Å². The van der Waals surface area contributed by atoms with Crippen molar-refractivity contribution in [2.75, 3.05) is 0 Å². The molecule has 0 saturated heterocycles. The molecule has 5 nitrogen and oxygen atoms in total. The minimum Gasteiger partial charge on any atom is -0.487 e. The van der Waals surface area contributed by atoms with Crippen LogP contribution in [0.1, 0.15) is 29.7 Å². The largest absolute Gasteiger partial charge is 0.487 e. The minimum atomic E-state index is -0.273. The maximum atomic E-state index is 11.5. The Bertz CT molecular complexity index is 611. The first-order chi connectivity index (χ1) is 10.1. The number of pyridine rings is 1. The summed E-state index contributed by atoms with van der Waals surface area (Å²) in [5.74, 6) is 5.44. The van der Waals surface area contributed by atoms with Gasteiger partial charge in [0.05, 0.1) is 11.6 Å². The second-order valence-corrected chi connectivity index (χ2v) is 4.85. The Morgan fingerprint density at radius 1 is 1.33 bits per heavy atom. The zero-order valence-corrected chi connectivity index (χ0v) is 12.2. The molecule has 0 fully saturated rings. The van der Waals surface area contributed by atoms with Gasteiger partial charge >= 0.3 is 0 Å². The molecule has 0 aliphatic heterocycles. The number of hydrazine groups is 1. The summed E-state index contributed by atoms with van der Waals surface area (Å²) in [6.45, 7) is 4.18. The fourth-order valence-electron chi connectivity index (χ4n) is 1.96. The highest BCUT2D eigenvalue weighted by Crippen LogP contribution is 2.18. The number of amides is 1. The number of nitrogens with two attached hydrogens (primary N) is 1. The first-order valence-corrected chi connectivity index (χ1v) is 6.75. The molecule has 0 spiro atoms. The van der Waals surface area contributed by atoms with Gasteiger partial charge in [-0.05, 0) is 37.1 Å². The number of carbonyl (C=O) groups excluding carboxylic acids is 1. The van der Waals surface area contributed by atoms with E-state index in [-0.39, 0.29) is 11.8 Å². The summed E-state index contributed by atoms with van der Waals surface area (Å²) >= 11 is 0. The summed E-state index contributed by atoms with van der Waals surface area (Å²) in [6, 6.07) is 11.5. The average molecular weight is 285 g/mol. The number of nitrogens with zero attached hydrogens (tertiary/aromatic N) is 1. The fraction of sp³-hybridized carbons (Fsp3) is 0.250. The Morgan fingerprint density at radius 3 is 2.67 bits per heavy atom. The maximum Gasteiger partial charge on any atom is 0.241 e. The van der Waals surface area contributed by atoms with E-state index < -0.39 is 0 Å². The van der Waals surface area contributed by atoms with Gasteiger partial charge in [-0.15, -0.1) is 0 Å². The molecule has 0 aliphatic carbocycles. The van der Waals surface area contributed by atoms with Gasteiger partial charge in [0.1, 0.15) is 12.4 Å². The van der Waals surface area contributed by atoms with Crippen LogP contribution in [0.25, 0.3) is 0 Å². The van der Waals surface area contributed by atoms with Gasteiger partial charge in [0.25, 0.3) is 0 Å². The predicted octanol–water partition coefficient (Wildman–Crippen LogP) is 2.06. The molecule has 0 aliphatic rings. The quantitative estimate of drug-likeness (QED) is 0.501. The van der Waals surface area contributed by atoms with Gasteiger partial charge in [-0.2, -0.15) is 0 Å². The molecule has 0 bridgehead atoms. The summed E-state index contributed by atoms with van der Waals surface area (Å²) in [6.07, 6.45) is 1.74. The standard InChI is InChI=1S/C16H19N3O2/c1-11(16(20)19-17)14-7-5-13(6-8-14)10-21-15-4-3-9-18-12(15)2/h3-9,11H,10,17H2,1-2H3,(H,19,20). The van der Waals surface area contributed by atoms with Crippen molar-refractivity contribution in [2.24, 2.45) is 5.84 Å². The number of benzene rings is 1. The molecular formula is C16H19N3O2. The molecule has 1 atom stereocenters. The Kier molecular flexibility index (Phi) is 4.90. The van der Waals surface area contributed by atoms with Gasteiger partial charge in [-0.1, -0.05) is 24.3 Å². The van der Waals surface area contributed by atoms with Crippen LogP contribution in [0.3, 0.4) is 0 Å². The predicted molar refractivity (Wildman–Crippen MR) is 80.5 cm³/mol. The highest BCUT2D eigenvalue weighted by molar-refractivity contribution is 5.82. The van der Waals surface area contributed by atoms with Crippen molar-refractivity contribution >= 4 is 5.91 Å². The van der Waals surface area contributed by atoms with Crippen LogP contribution >= 0.6 is 0 Å². The lowest BCUT2D eigenvalue weighted by Gasteiger charge is -2.11. The van der Waals surface area contributed by atoms with Gasteiger partial charge < -0.3 is 4.74 Å². The van der Waals surface area contributed by atoms with Crippen LogP contribution < -0.4 is 16.0 Å². The Balaban J connectivity index is 2.00. The molecule has 2 rings (SSSR count). The monoisotopic (exact) mass is 285 g/mol. The van der Waals surface area contributed by atoms with Gasteiger partial charge in [-0.3, -0.25) is 15.2 Å². The molecule has 5 heteroatoms. The van der Waals surface area contributed by atoms with E-state index in [1.165, 1.54) is 0 Å². The summed E-state index contributed by atoms with van der Waals surface area (Å²) in [7, 11) is 0. The van der Waals surface area contributed by atoms with Crippen molar-refractivity contribution in [3.05, 3.63) is 59.4 Å². The normalized spacial score (nSPS) is 11.8. The Hall–Kier alpha value is -2.40. The van der Waals surface area contributed by atoms with Crippen LogP contribution in [-0.2, 0) is 11.4 Å². The second-order valence-electron chi connectivity index (χ2n) is 4.85. The lowest BCUT2D eigenvalue weighted by Crippen LogP contribution is -2.33. The van der Waals surface area contributed by atoms with E-state index in [0.29, 0.717) is 6.61 Å². The van der Waals surface area contributed by atoms with Crippen molar-refractivity contribution in [2.45, 2.75) is 26.4 Å². The summed E-state index contributed by atoms with van der Waals surface area (Å²) in [5.41, 5.74) is 4.97. The number of hydrogen-bond acceptors (Lipinski definition) is 4. The van der Waals surface area contributed by atoms with Gasteiger partial charge in [0, 0.05) is 6.20 Å². The molecule has 2 aromatic rings. The molecular weight excluding hydrogens is 266 g/mol. The molecule has 1 unspecified atom stereocenters. The minimum absolute atomic E-state index is 0.204. The smallest absolute Gasteiger partial charge is 0.241 e. The van der Waals surface area contributed by atoms with Gasteiger partial charge in [0.15, 0.2) is 0 Å². The number of hydrogen-bond donors (Lipinski definition) is 2. The van der Waals surface area contributed by atoms with Gasteiger partial charge in [-0.25, -0.2) is 5.84 Å². The fourth-order valence-corrected chi connectivity index (χ4v) is 1.96. The van der Waals surface area contributed by atoms with E-state index in [2.05, 4.69) is 10.4 Å². The molecule has 0 saturated carbocycles. The SMILES string of the molecule is Cc1ncccc1OCc1ccc(C(C)C(=O)NN)cc1. The summed E-state index contributed by atoms with van der Waals surface area (Å²) < 4.78 is 5.73. The number of rotatable bonds is 5. The highest BCUT2D eigenvalue weighted by Gasteiger charge is 2.13. The third kappa shape index (κ3) is 3.79. The van der Waals surface area contributed by atoms with Crippen LogP contribution in [0.4, 0.5) is 0 Å². The zero-order valence-electron chi connectivity index (χ0n) is 12.2. The number of aromatic nitrogens is 1. The molecule has 1 heterocycles. The van der Waals surface area contributed by atoms with Crippen molar-refractivity contribution in [3.8, 4) is 5.75 Å². The van der Waals surface area contributed by atoms with E-state index in [1.807, 2.05) is 50.2 Å². The molecule has 1 amide bonds. The van der Waals surface area contributed by atoms with Crippen molar-refractivity contribution in [1.82, 2.24) is 10.4 Å². The van der Waals surface area contributed by atoms with E-state index >= 15 is 0 Å². The lowest BCUT2D eigenvalue weighted by molar-refractivity contribution is -0.122. The number of ether oxygens (including phenoxy) is 1. The maximum absolute atomic E-state index is 11.5. The van der Waals surface area contributed by atoms with Crippen molar-refractivity contribution in [3.63, 3.8) is 0 Å². The van der Waals surface area contributed by atoms with E-state index in [4.69, 9.17) is 10.6 Å². The third-order valence-corrected chi connectivity index (χ3v) is 3.37. The van der Waals surface area contributed by atoms with E-state index in [0.717, 1.165) is 22.6 Å². The van der Waals surface area contributed by atoms with Crippen molar-refractivity contribution < 1.29 is 9.53 Å². The molecule has 1 aromatic carbocycles. The Morgan fingerprint density at radius 2 is 2.05 bits per heavy atom. The third-order valence-electron chi connectivity index (χ3n) is 3.37. The lowest BCUT2D eigenvalue weighted by atomic mass is 9.99. The topological polar surface area (TPSA) is 77.2 Å². The summed E-state index contributed by atoms with van der Waals surface area (Å²) in [5, 5.41) is 0.